The number of hydrogen-bond donors (Lipinski definition) is 1. The summed E-state index contributed by atoms with van der Waals surface area (Å²) >= 11 is 7.34. The van der Waals surface area contributed by atoms with E-state index in [9.17, 15) is 10.1 Å². The summed E-state index contributed by atoms with van der Waals surface area (Å²) in [6.07, 6.45) is 1.20. The van der Waals surface area contributed by atoms with Crippen molar-refractivity contribution in [1.29, 1.82) is 5.26 Å². The minimum absolute atomic E-state index is 0.0911. The maximum atomic E-state index is 12.0. The molecule has 1 amide bonds. The molecule has 0 bridgehead atoms. The minimum Gasteiger partial charge on any atom is -0.326 e. The van der Waals surface area contributed by atoms with Gasteiger partial charge in [0, 0.05) is 28.6 Å². The summed E-state index contributed by atoms with van der Waals surface area (Å²) in [5, 5.41) is 13.3. The zero-order valence-corrected chi connectivity index (χ0v) is 15.8. The van der Waals surface area contributed by atoms with Crippen LogP contribution in [0.25, 0.3) is 0 Å². The Morgan fingerprint density at radius 2 is 2.16 bits per heavy atom. The van der Waals surface area contributed by atoms with E-state index in [0.29, 0.717) is 39.4 Å². The number of amides is 1. The fourth-order valence-corrected chi connectivity index (χ4v) is 3.36. The first kappa shape index (κ1) is 19.3. The van der Waals surface area contributed by atoms with Gasteiger partial charge >= 0.3 is 0 Å². The molecule has 1 aromatic heterocycles. The summed E-state index contributed by atoms with van der Waals surface area (Å²) in [6, 6.07) is 12.9. The lowest BCUT2D eigenvalue weighted by Crippen LogP contribution is -2.12. The van der Waals surface area contributed by atoms with Gasteiger partial charge < -0.3 is 5.32 Å². The lowest BCUT2D eigenvalue weighted by molar-refractivity contribution is -0.115. The number of rotatable bonds is 7. The third-order valence-electron chi connectivity index (χ3n) is 3.33. The second-order valence-electron chi connectivity index (χ2n) is 6.02. The summed E-state index contributed by atoms with van der Waals surface area (Å²) in [4.78, 5) is 16.6. The molecule has 0 saturated carbocycles. The van der Waals surface area contributed by atoms with Crippen molar-refractivity contribution < 1.29 is 4.79 Å². The molecule has 2 aromatic rings. The van der Waals surface area contributed by atoms with Crippen molar-refractivity contribution >= 4 is 35.0 Å². The molecule has 6 heteroatoms. The van der Waals surface area contributed by atoms with E-state index in [0.717, 1.165) is 12.1 Å². The van der Waals surface area contributed by atoms with Crippen molar-refractivity contribution in [3.63, 3.8) is 0 Å². The summed E-state index contributed by atoms with van der Waals surface area (Å²) in [5.41, 5.74) is 2.20. The third-order valence-corrected chi connectivity index (χ3v) is 4.56. The van der Waals surface area contributed by atoms with Gasteiger partial charge in [-0.3, -0.25) is 4.79 Å². The largest absolute Gasteiger partial charge is 0.326 e. The van der Waals surface area contributed by atoms with Crippen LogP contribution in [-0.2, 0) is 11.2 Å². The average Bonchev–Trinajstić information content (AvgIpc) is 2.54. The molecule has 0 unspecified atom stereocenters. The fourth-order valence-electron chi connectivity index (χ4n) is 2.24. The minimum atomic E-state index is -0.0911. The summed E-state index contributed by atoms with van der Waals surface area (Å²) in [7, 11) is 0. The van der Waals surface area contributed by atoms with Crippen molar-refractivity contribution in [2.45, 2.75) is 31.7 Å². The number of thioether (sulfide) groups is 1. The van der Waals surface area contributed by atoms with Crippen LogP contribution in [-0.4, -0.2) is 16.6 Å². The van der Waals surface area contributed by atoms with Crippen LogP contribution < -0.4 is 5.32 Å². The standard InChI is InChI=1S/C19H20ClN3OS/c1-13(2)10-17-7-6-14(12-21)19(23-17)25-9-8-18(24)22-16-5-3-4-15(20)11-16/h3-7,11,13H,8-10H2,1-2H3,(H,22,24). The van der Waals surface area contributed by atoms with Gasteiger partial charge in [-0.05, 0) is 42.7 Å². The smallest absolute Gasteiger partial charge is 0.225 e. The Hall–Kier alpha value is -2.03. The normalized spacial score (nSPS) is 10.5. The van der Waals surface area contributed by atoms with Crippen LogP contribution in [0.1, 0.15) is 31.5 Å². The quantitative estimate of drug-likeness (QED) is 0.699. The molecule has 0 aliphatic rings. The molecule has 25 heavy (non-hydrogen) atoms. The van der Waals surface area contributed by atoms with E-state index in [1.54, 1.807) is 30.3 Å². The van der Waals surface area contributed by atoms with E-state index in [-0.39, 0.29) is 5.91 Å². The average molecular weight is 374 g/mol. The Bertz CT molecular complexity index is 786. The second kappa shape index (κ2) is 9.45. The molecule has 0 atom stereocenters. The Balaban J connectivity index is 1.92. The van der Waals surface area contributed by atoms with Crippen molar-refractivity contribution in [3.8, 4) is 6.07 Å². The van der Waals surface area contributed by atoms with Crippen LogP contribution in [0.5, 0.6) is 0 Å². The predicted octanol–water partition coefficient (Wildman–Crippen LogP) is 4.93. The van der Waals surface area contributed by atoms with Crippen LogP contribution in [0.4, 0.5) is 5.69 Å². The number of benzene rings is 1. The highest BCUT2D eigenvalue weighted by Gasteiger charge is 2.09. The van der Waals surface area contributed by atoms with Gasteiger partial charge in [-0.2, -0.15) is 5.26 Å². The third kappa shape index (κ3) is 6.41. The van der Waals surface area contributed by atoms with Gasteiger partial charge in [0.2, 0.25) is 5.91 Å². The van der Waals surface area contributed by atoms with E-state index >= 15 is 0 Å². The first-order valence-electron chi connectivity index (χ1n) is 8.06. The highest BCUT2D eigenvalue weighted by molar-refractivity contribution is 7.99. The van der Waals surface area contributed by atoms with Crippen molar-refractivity contribution in [2.24, 2.45) is 5.92 Å². The van der Waals surface area contributed by atoms with Gasteiger partial charge in [-0.15, -0.1) is 11.8 Å². The Labute approximate surface area is 157 Å². The molecular weight excluding hydrogens is 354 g/mol. The number of pyridine rings is 1. The SMILES string of the molecule is CC(C)Cc1ccc(C#N)c(SCCC(=O)Nc2cccc(Cl)c2)n1. The monoisotopic (exact) mass is 373 g/mol. The Kier molecular flexibility index (Phi) is 7.30. The van der Waals surface area contributed by atoms with Crippen LogP contribution in [0.15, 0.2) is 41.4 Å². The Morgan fingerprint density at radius 1 is 1.36 bits per heavy atom. The molecule has 4 nitrogen and oxygen atoms in total. The van der Waals surface area contributed by atoms with E-state index in [2.05, 4.69) is 30.2 Å². The van der Waals surface area contributed by atoms with Gasteiger partial charge in [0.25, 0.3) is 0 Å². The molecule has 0 aliphatic carbocycles. The fraction of sp³-hybridized carbons (Fsp3) is 0.316. The van der Waals surface area contributed by atoms with E-state index in [4.69, 9.17) is 11.6 Å². The molecule has 1 aromatic carbocycles. The molecule has 2 rings (SSSR count). The van der Waals surface area contributed by atoms with Crippen molar-refractivity contribution in [1.82, 2.24) is 4.98 Å². The highest BCUT2D eigenvalue weighted by Crippen LogP contribution is 2.23. The van der Waals surface area contributed by atoms with Crippen LogP contribution in [0.3, 0.4) is 0 Å². The van der Waals surface area contributed by atoms with E-state index in [1.807, 2.05) is 6.07 Å². The molecule has 130 valence electrons. The van der Waals surface area contributed by atoms with Gasteiger partial charge in [0.05, 0.1) is 5.56 Å². The number of halogens is 1. The van der Waals surface area contributed by atoms with Crippen LogP contribution in [0.2, 0.25) is 5.02 Å². The van der Waals surface area contributed by atoms with Gasteiger partial charge in [-0.1, -0.05) is 31.5 Å². The molecule has 0 spiro atoms. The number of carbonyl (C=O) groups excluding carboxylic acids is 1. The first-order valence-corrected chi connectivity index (χ1v) is 9.42. The first-order chi connectivity index (χ1) is 12.0. The number of hydrogen-bond acceptors (Lipinski definition) is 4. The number of carbonyl (C=O) groups is 1. The Morgan fingerprint density at radius 3 is 2.84 bits per heavy atom. The topological polar surface area (TPSA) is 65.8 Å². The number of nitrogens with zero attached hydrogens (tertiary/aromatic N) is 2. The zero-order valence-electron chi connectivity index (χ0n) is 14.3. The van der Waals surface area contributed by atoms with Gasteiger partial charge in [0.15, 0.2) is 0 Å². The van der Waals surface area contributed by atoms with Gasteiger partial charge in [0.1, 0.15) is 11.1 Å². The van der Waals surface area contributed by atoms with Gasteiger partial charge in [-0.25, -0.2) is 4.98 Å². The van der Waals surface area contributed by atoms with Crippen molar-refractivity contribution in [3.05, 3.63) is 52.7 Å². The molecule has 1 heterocycles. The summed E-state index contributed by atoms with van der Waals surface area (Å²) in [6.45, 7) is 4.26. The molecule has 1 N–H and O–H groups in total. The number of aromatic nitrogens is 1. The molecule has 0 fully saturated rings. The van der Waals surface area contributed by atoms with Crippen LogP contribution in [0, 0.1) is 17.2 Å². The second-order valence-corrected chi connectivity index (χ2v) is 7.54. The number of anilines is 1. The predicted molar refractivity (Wildman–Crippen MR) is 103 cm³/mol. The maximum Gasteiger partial charge on any atom is 0.225 e. The van der Waals surface area contributed by atoms with E-state index < -0.39 is 0 Å². The molecule has 0 saturated heterocycles. The molecular formula is C19H20ClN3OS. The molecule has 0 radical (unpaired) electrons. The number of nitrogens with one attached hydrogen (secondary N) is 1. The lowest BCUT2D eigenvalue weighted by atomic mass is 10.1. The molecule has 0 aliphatic heterocycles. The number of nitriles is 1. The zero-order chi connectivity index (χ0) is 18.2. The lowest BCUT2D eigenvalue weighted by Gasteiger charge is -2.09. The van der Waals surface area contributed by atoms with Crippen LogP contribution >= 0.6 is 23.4 Å². The van der Waals surface area contributed by atoms with E-state index in [1.165, 1.54) is 11.8 Å². The summed E-state index contributed by atoms with van der Waals surface area (Å²) < 4.78 is 0. The summed E-state index contributed by atoms with van der Waals surface area (Å²) in [5.74, 6) is 0.965. The highest BCUT2D eigenvalue weighted by atomic mass is 35.5. The van der Waals surface area contributed by atoms with Crippen molar-refractivity contribution in [2.75, 3.05) is 11.1 Å². The maximum absolute atomic E-state index is 12.0.